The molecule has 0 radical (unpaired) electrons. The highest BCUT2D eigenvalue weighted by molar-refractivity contribution is 7.13. The zero-order valence-electron chi connectivity index (χ0n) is 14.9. The molecule has 2 heterocycles. The van der Waals surface area contributed by atoms with E-state index in [0.29, 0.717) is 27.8 Å². The van der Waals surface area contributed by atoms with Gasteiger partial charge in [0.2, 0.25) is 5.91 Å². The highest BCUT2D eigenvalue weighted by atomic mass is 35.5. The minimum absolute atomic E-state index is 0.137. The first-order valence-electron chi connectivity index (χ1n) is 8.60. The number of halogens is 1. The lowest BCUT2D eigenvalue weighted by molar-refractivity contribution is -0.122. The Labute approximate surface area is 170 Å². The van der Waals surface area contributed by atoms with Gasteiger partial charge in [0.15, 0.2) is 6.10 Å². The van der Waals surface area contributed by atoms with E-state index in [0.717, 1.165) is 10.6 Å². The molecule has 2 amide bonds. The van der Waals surface area contributed by atoms with Crippen molar-refractivity contribution in [2.75, 3.05) is 10.6 Å². The van der Waals surface area contributed by atoms with Crippen LogP contribution in [0.2, 0.25) is 5.02 Å². The summed E-state index contributed by atoms with van der Waals surface area (Å²) in [5, 5.41) is 8.83. The molecule has 3 aromatic rings. The maximum Gasteiger partial charge on any atom is 0.265 e. The second kappa shape index (κ2) is 7.61. The number of carbonyl (C=O) groups is 2. The fraction of sp³-hybridized carbons (Fsp3) is 0.150. The molecule has 0 unspecified atom stereocenters. The minimum atomic E-state index is -0.537. The summed E-state index contributed by atoms with van der Waals surface area (Å²) in [7, 11) is 0. The van der Waals surface area contributed by atoms with E-state index in [9.17, 15) is 9.59 Å². The maximum absolute atomic E-state index is 12.4. The number of aromatic nitrogens is 1. The molecule has 1 atom stereocenters. The molecule has 1 aliphatic heterocycles. The quantitative estimate of drug-likeness (QED) is 0.665. The molecule has 0 fully saturated rings. The average molecular weight is 414 g/mol. The fourth-order valence-corrected chi connectivity index (χ4v) is 3.94. The summed E-state index contributed by atoms with van der Waals surface area (Å²) in [6.07, 6.45) is -0.400. The Morgan fingerprint density at radius 1 is 1.32 bits per heavy atom. The summed E-state index contributed by atoms with van der Waals surface area (Å²) in [6, 6.07) is 12.6. The van der Waals surface area contributed by atoms with Crippen LogP contribution in [0.4, 0.5) is 11.4 Å². The van der Waals surface area contributed by atoms with Gasteiger partial charge in [-0.3, -0.25) is 9.59 Å². The molecule has 0 spiro atoms. The van der Waals surface area contributed by atoms with Gasteiger partial charge in [-0.15, -0.1) is 11.3 Å². The molecule has 1 aliphatic rings. The molecule has 0 aliphatic carbocycles. The number of benzene rings is 2. The van der Waals surface area contributed by atoms with Gasteiger partial charge in [0.25, 0.3) is 5.91 Å². The summed E-state index contributed by atoms with van der Waals surface area (Å²) in [4.78, 5) is 28.6. The number of anilines is 2. The molecule has 2 N–H and O–H groups in total. The molecule has 0 bridgehead atoms. The Kier molecular flexibility index (Phi) is 5.02. The van der Waals surface area contributed by atoms with Gasteiger partial charge in [-0.25, -0.2) is 4.98 Å². The molecular formula is C20H16ClN3O3S. The van der Waals surface area contributed by atoms with Crippen LogP contribution >= 0.6 is 22.9 Å². The Hall–Kier alpha value is -2.90. The third kappa shape index (κ3) is 3.85. The zero-order chi connectivity index (χ0) is 19.7. The highest BCUT2D eigenvalue weighted by Gasteiger charge is 2.23. The van der Waals surface area contributed by atoms with E-state index in [1.165, 1.54) is 11.3 Å². The van der Waals surface area contributed by atoms with E-state index in [1.54, 1.807) is 25.1 Å². The first kappa shape index (κ1) is 18.5. The van der Waals surface area contributed by atoms with Gasteiger partial charge >= 0.3 is 0 Å². The predicted molar refractivity (Wildman–Crippen MR) is 110 cm³/mol. The van der Waals surface area contributed by atoms with Gasteiger partial charge < -0.3 is 15.4 Å². The van der Waals surface area contributed by atoms with Crippen LogP contribution in [0.3, 0.4) is 0 Å². The smallest absolute Gasteiger partial charge is 0.265 e. The van der Waals surface area contributed by atoms with Crippen LogP contribution in [0.15, 0.2) is 47.8 Å². The number of thiazole rings is 1. The molecule has 8 heteroatoms. The summed E-state index contributed by atoms with van der Waals surface area (Å²) < 4.78 is 5.51. The second-order valence-corrected chi connectivity index (χ2v) is 7.57. The van der Waals surface area contributed by atoms with Crippen molar-refractivity contribution in [3.63, 3.8) is 0 Å². The van der Waals surface area contributed by atoms with Crippen molar-refractivity contribution in [2.24, 2.45) is 0 Å². The van der Waals surface area contributed by atoms with E-state index < -0.39 is 6.10 Å². The summed E-state index contributed by atoms with van der Waals surface area (Å²) in [5.74, 6) is 0.159. The van der Waals surface area contributed by atoms with Gasteiger partial charge in [-0.1, -0.05) is 29.8 Å². The molecule has 0 saturated heterocycles. The Morgan fingerprint density at radius 3 is 2.96 bits per heavy atom. The molecular weight excluding hydrogens is 398 g/mol. The molecule has 2 aromatic carbocycles. The van der Waals surface area contributed by atoms with Crippen LogP contribution < -0.4 is 15.4 Å². The number of carbonyl (C=O) groups excluding carboxylic acids is 2. The van der Waals surface area contributed by atoms with Crippen molar-refractivity contribution < 1.29 is 14.3 Å². The molecule has 142 valence electrons. The molecule has 28 heavy (non-hydrogen) atoms. The van der Waals surface area contributed by atoms with Crippen molar-refractivity contribution in [1.29, 1.82) is 0 Å². The Balaban J connectivity index is 1.44. The SMILES string of the molecule is C[C@H]1Oc2ccc(NC(=O)Cc3csc(-c4ccccc4Cl)n3)cc2NC1=O. The average Bonchev–Trinajstić information content (AvgIpc) is 3.11. The molecule has 0 saturated carbocycles. The lowest BCUT2D eigenvalue weighted by Crippen LogP contribution is -2.34. The Morgan fingerprint density at radius 2 is 2.14 bits per heavy atom. The second-order valence-electron chi connectivity index (χ2n) is 6.31. The largest absolute Gasteiger partial charge is 0.479 e. The first-order valence-corrected chi connectivity index (χ1v) is 9.86. The number of amides is 2. The number of fused-ring (bicyclic) bond motifs is 1. The van der Waals surface area contributed by atoms with Gasteiger partial charge in [-0.05, 0) is 31.2 Å². The first-order chi connectivity index (χ1) is 13.5. The number of nitrogens with one attached hydrogen (secondary N) is 2. The van der Waals surface area contributed by atoms with Crippen molar-refractivity contribution >= 4 is 46.1 Å². The minimum Gasteiger partial charge on any atom is -0.479 e. The predicted octanol–water partition coefficient (Wildman–Crippen LogP) is 4.36. The van der Waals surface area contributed by atoms with Gasteiger partial charge in [0, 0.05) is 16.6 Å². The van der Waals surface area contributed by atoms with Crippen LogP contribution in [-0.4, -0.2) is 22.9 Å². The number of rotatable bonds is 4. The summed E-state index contributed by atoms with van der Waals surface area (Å²) >= 11 is 7.65. The lowest BCUT2D eigenvalue weighted by atomic mass is 10.2. The molecule has 1 aromatic heterocycles. The maximum atomic E-state index is 12.4. The van der Waals surface area contributed by atoms with Crippen LogP contribution in [0.25, 0.3) is 10.6 Å². The number of nitrogens with zero attached hydrogens (tertiary/aromatic N) is 1. The van der Waals surface area contributed by atoms with Gasteiger partial charge in [0.1, 0.15) is 10.8 Å². The van der Waals surface area contributed by atoms with Gasteiger partial charge in [0.05, 0.1) is 22.8 Å². The monoisotopic (exact) mass is 413 g/mol. The standard InChI is InChI=1S/C20H16ClN3O3S/c1-11-19(26)24-16-8-12(6-7-17(16)27-11)22-18(25)9-13-10-28-20(23-13)14-4-2-3-5-15(14)21/h2-8,10-11H,9H2,1H3,(H,22,25)(H,24,26)/t11-/m1/s1. The summed E-state index contributed by atoms with van der Waals surface area (Å²) in [5.41, 5.74) is 2.63. The van der Waals surface area contributed by atoms with Crippen molar-refractivity contribution in [2.45, 2.75) is 19.4 Å². The van der Waals surface area contributed by atoms with Crippen molar-refractivity contribution in [1.82, 2.24) is 4.98 Å². The van der Waals surface area contributed by atoms with E-state index >= 15 is 0 Å². The number of hydrogen-bond donors (Lipinski definition) is 2. The van der Waals surface area contributed by atoms with Crippen molar-refractivity contribution in [3.05, 3.63) is 58.6 Å². The number of hydrogen-bond acceptors (Lipinski definition) is 5. The van der Waals surface area contributed by atoms with Crippen LogP contribution in [0, 0.1) is 0 Å². The third-order valence-corrected chi connectivity index (χ3v) is 5.45. The Bertz CT molecular complexity index is 1070. The summed E-state index contributed by atoms with van der Waals surface area (Å²) in [6.45, 7) is 1.68. The van der Waals surface area contributed by atoms with Crippen molar-refractivity contribution in [3.8, 4) is 16.3 Å². The van der Waals surface area contributed by atoms with Crippen LogP contribution in [0.5, 0.6) is 5.75 Å². The molecule has 4 rings (SSSR count). The van der Waals surface area contributed by atoms with E-state index in [-0.39, 0.29) is 18.2 Å². The normalized spacial score (nSPS) is 15.4. The zero-order valence-corrected chi connectivity index (χ0v) is 16.4. The fourth-order valence-electron chi connectivity index (χ4n) is 2.80. The van der Waals surface area contributed by atoms with E-state index in [1.807, 2.05) is 29.6 Å². The number of ether oxygens (including phenoxy) is 1. The lowest BCUT2D eigenvalue weighted by Gasteiger charge is -2.23. The topological polar surface area (TPSA) is 80.3 Å². The van der Waals surface area contributed by atoms with Crippen LogP contribution in [-0.2, 0) is 16.0 Å². The van der Waals surface area contributed by atoms with Crippen LogP contribution in [0.1, 0.15) is 12.6 Å². The third-order valence-electron chi connectivity index (χ3n) is 4.19. The highest BCUT2D eigenvalue weighted by Crippen LogP contribution is 2.32. The molecule has 6 nitrogen and oxygen atoms in total. The van der Waals surface area contributed by atoms with Gasteiger partial charge in [-0.2, -0.15) is 0 Å². The van der Waals surface area contributed by atoms with E-state index in [2.05, 4.69) is 15.6 Å². The van der Waals surface area contributed by atoms with E-state index in [4.69, 9.17) is 16.3 Å².